The summed E-state index contributed by atoms with van der Waals surface area (Å²) in [6.07, 6.45) is 2.67. The zero-order valence-electron chi connectivity index (χ0n) is 11.9. The molecule has 21 heavy (non-hydrogen) atoms. The van der Waals surface area contributed by atoms with Gasteiger partial charge in [0.2, 0.25) is 0 Å². The highest BCUT2D eigenvalue weighted by atomic mass is 19.1. The summed E-state index contributed by atoms with van der Waals surface area (Å²) >= 11 is 0. The van der Waals surface area contributed by atoms with Crippen molar-refractivity contribution in [1.29, 1.82) is 0 Å². The Hall–Kier alpha value is -2.21. The predicted octanol–water partition coefficient (Wildman–Crippen LogP) is 2.31. The molecule has 0 aliphatic heterocycles. The third-order valence-corrected chi connectivity index (χ3v) is 3.02. The maximum absolute atomic E-state index is 12.9. The first kappa shape index (κ1) is 15.2. The van der Waals surface area contributed by atoms with Gasteiger partial charge < -0.3 is 5.11 Å². The van der Waals surface area contributed by atoms with Gasteiger partial charge in [-0.25, -0.2) is 9.07 Å². The first-order chi connectivity index (χ1) is 10.1. The largest absolute Gasteiger partial charge is 0.480 e. The van der Waals surface area contributed by atoms with E-state index in [9.17, 15) is 9.18 Å². The number of aromatic nitrogens is 2. The normalized spacial score (nSPS) is 11.0. The Kier molecular flexibility index (Phi) is 5.05. The van der Waals surface area contributed by atoms with Crippen LogP contribution in [-0.4, -0.2) is 38.8 Å². The SMILES string of the molecule is CCCN(CC(=O)O)Cc1ccn(-c2ccc(F)cc2)n1. The van der Waals surface area contributed by atoms with Crippen molar-refractivity contribution < 1.29 is 14.3 Å². The van der Waals surface area contributed by atoms with Crippen LogP contribution >= 0.6 is 0 Å². The van der Waals surface area contributed by atoms with E-state index in [2.05, 4.69) is 5.10 Å². The molecule has 0 saturated heterocycles. The number of benzene rings is 1. The van der Waals surface area contributed by atoms with Crippen LogP contribution in [0.5, 0.6) is 0 Å². The number of rotatable bonds is 7. The van der Waals surface area contributed by atoms with Crippen LogP contribution in [0.1, 0.15) is 19.0 Å². The lowest BCUT2D eigenvalue weighted by Gasteiger charge is -2.17. The maximum atomic E-state index is 12.9. The minimum atomic E-state index is -0.846. The number of carbonyl (C=O) groups is 1. The number of aliphatic carboxylic acids is 1. The van der Waals surface area contributed by atoms with Crippen LogP contribution in [0.25, 0.3) is 5.69 Å². The summed E-state index contributed by atoms with van der Waals surface area (Å²) in [5.41, 5.74) is 1.55. The van der Waals surface area contributed by atoms with Gasteiger partial charge in [-0.1, -0.05) is 6.92 Å². The van der Waals surface area contributed by atoms with E-state index in [4.69, 9.17) is 5.11 Å². The zero-order chi connectivity index (χ0) is 15.2. The minimum absolute atomic E-state index is 0.00273. The van der Waals surface area contributed by atoms with Gasteiger partial charge in [-0.15, -0.1) is 0 Å². The molecule has 1 aromatic carbocycles. The first-order valence-electron chi connectivity index (χ1n) is 6.83. The summed E-state index contributed by atoms with van der Waals surface area (Å²) < 4.78 is 14.5. The van der Waals surface area contributed by atoms with Gasteiger partial charge in [0.15, 0.2) is 0 Å². The molecule has 1 heterocycles. The molecule has 0 saturated carbocycles. The van der Waals surface area contributed by atoms with Crippen molar-refractivity contribution in [3.63, 3.8) is 0 Å². The van der Waals surface area contributed by atoms with Gasteiger partial charge in [-0.05, 0) is 43.3 Å². The smallest absolute Gasteiger partial charge is 0.317 e. The zero-order valence-corrected chi connectivity index (χ0v) is 11.9. The van der Waals surface area contributed by atoms with E-state index < -0.39 is 5.97 Å². The molecule has 1 aromatic heterocycles. The van der Waals surface area contributed by atoms with E-state index >= 15 is 0 Å². The molecule has 0 aliphatic rings. The van der Waals surface area contributed by atoms with E-state index in [-0.39, 0.29) is 12.4 Å². The lowest BCUT2D eigenvalue weighted by molar-refractivity contribution is -0.138. The molecule has 2 aromatic rings. The molecule has 0 unspecified atom stereocenters. The van der Waals surface area contributed by atoms with Crippen molar-refractivity contribution in [3.8, 4) is 5.69 Å². The molecule has 6 heteroatoms. The highest BCUT2D eigenvalue weighted by Crippen LogP contribution is 2.10. The molecule has 112 valence electrons. The Balaban J connectivity index is 2.07. The molecule has 0 amide bonds. The number of hydrogen-bond donors (Lipinski definition) is 1. The Morgan fingerprint density at radius 1 is 1.33 bits per heavy atom. The fraction of sp³-hybridized carbons (Fsp3) is 0.333. The summed E-state index contributed by atoms with van der Waals surface area (Å²) in [5.74, 6) is -1.14. The Labute approximate surface area is 122 Å². The fourth-order valence-corrected chi connectivity index (χ4v) is 2.13. The van der Waals surface area contributed by atoms with E-state index in [1.807, 2.05) is 17.9 Å². The second-order valence-corrected chi connectivity index (χ2v) is 4.83. The second kappa shape index (κ2) is 6.99. The quantitative estimate of drug-likeness (QED) is 0.850. The third kappa shape index (κ3) is 4.39. The molecule has 2 rings (SSSR count). The lowest BCUT2D eigenvalue weighted by Crippen LogP contribution is -2.30. The van der Waals surface area contributed by atoms with Gasteiger partial charge in [0.25, 0.3) is 0 Å². The van der Waals surface area contributed by atoms with Gasteiger partial charge in [-0.3, -0.25) is 9.69 Å². The van der Waals surface area contributed by atoms with Crippen LogP contribution < -0.4 is 0 Å². The first-order valence-corrected chi connectivity index (χ1v) is 6.83. The van der Waals surface area contributed by atoms with Crippen LogP contribution in [-0.2, 0) is 11.3 Å². The number of carboxylic acids is 1. The average molecular weight is 291 g/mol. The summed E-state index contributed by atoms with van der Waals surface area (Å²) in [6, 6.07) is 7.89. The minimum Gasteiger partial charge on any atom is -0.480 e. The van der Waals surface area contributed by atoms with Crippen molar-refractivity contribution in [3.05, 3.63) is 48.0 Å². The summed E-state index contributed by atoms with van der Waals surface area (Å²) in [7, 11) is 0. The van der Waals surface area contributed by atoms with Crippen LogP contribution in [0.3, 0.4) is 0 Å². The molecule has 0 bridgehead atoms. The van der Waals surface area contributed by atoms with Crippen molar-refractivity contribution in [2.24, 2.45) is 0 Å². The van der Waals surface area contributed by atoms with Gasteiger partial charge in [0.05, 0.1) is 17.9 Å². The Morgan fingerprint density at radius 2 is 2.05 bits per heavy atom. The molecule has 0 fully saturated rings. The summed E-state index contributed by atoms with van der Waals surface area (Å²) in [4.78, 5) is 12.7. The number of nitrogens with zero attached hydrogens (tertiary/aromatic N) is 3. The third-order valence-electron chi connectivity index (χ3n) is 3.02. The van der Waals surface area contributed by atoms with Gasteiger partial charge in [0, 0.05) is 12.7 Å². The van der Waals surface area contributed by atoms with E-state index in [0.29, 0.717) is 13.1 Å². The number of carboxylic acid groups (broad SMARTS) is 1. The molecule has 5 nitrogen and oxygen atoms in total. The van der Waals surface area contributed by atoms with Crippen molar-refractivity contribution in [1.82, 2.24) is 14.7 Å². The van der Waals surface area contributed by atoms with Gasteiger partial charge in [-0.2, -0.15) is 5.10 Å². The van der Waals surface area contributed by atoms with Gasteiger partial charge in [0.1, 0.15) is 5.82 Å². The maximum Gasteiger partial charge on any atom is 0.317 e. The van der Waals surface area contributed by atoms with Gasteiger partial charge >= 0.3 is 5.97 Å². The average Bonchev–Trinajstić information content (AvgIpc) is 2.87. The van der Waals surface area contributed by atoms with Crippen molar-refractivity contribution >= 4 is 5.97 Å². The molecular formula is C15H18FN3O2. The van der Waals surface area contributed by atoms with E-state index in [1.165, 1.54) is 12.1 Å². The number of hydrogen-bond acceptors (Lipinski definition) is 3. The molecule has 0 spiro atoms. The standard InChI is InChI=1S/C15H18FN3O2/c1-2-8-18(11-15(20)21)10-13-7-9-19(17-13)14-5-3-12(16)4-6-14/h3-7,9H,2,8,10-11H2,1H3,(H,20,21). The Morgan fingerprint density at radius 3 is 2.67 bits per heavy atom. The van der Waals surface area contributed by atoms with Crippen molar-refractivity contribution in [2.75, 3.05) is 13.1 Å². The molecular weight excluding hydrogens is 273 g/mol. The number of halogens is 1. The fourth-order valence-electron chi connectivity index (χ4n) is 2.13. The lowest BCUT2D eigenvalue weighted by atomic mass is 10.3. The highest BCUT2D eigenvalue weighted by Gasteiger charge is 2.11. The van der Waals surface area contributed by atoms with Crippen molar-refractivity contribution in [2.45, 2.75) is 19.9 Å². The van der Waals surface area contributed by atoms with E-state index in [0.717, 1.165) is 17.8 Å². The van der Waals surface area contributed by atoms with Crippen LogP contribution in [0.2, 0.25) is 0 Å². The predicted molar refractivity (Wildman–Crippen MR) is 76.7 cm³/mol. The summed E-state index contributed by atoms with van der Waals surface area (Å²) in [5, 5.41) is 13.3. The van der Waals surface area contributed by atoms with Crippen LogP contribution in [0.15, 0.2) is 36.5 Å². The van der Waals surface area contributed by atoms with Crippen LogP contribution in [0, 0.1) is 5.82 Å². The second-order valence-electron chi connectivity index (χ2n) is 4.83. The van der Waals surface area contributed by atoms with E-state index in [1.54, 1.807) is 23.0 Å². The molecule has 0 aliphatic carbocycles. The summed E-state index contributed by atoms with van der Waals surface area (Å²) in [6.45, 7) is 3.19. The molecule has 0 atom stereocenters. The monoisotopic (exact) mass is 291 g/mol. The molecule has 0 radical (unpaired) electrons. The topological polar surface area (TPSA) is 58.4 Å². The molecule has 1 N–H and O–H groups in total. The highest BCUT2D eigenvalue weighted by molar-refractivity contribution is 5.69. The Bertz CT molecular complexity index is 595. The van der Waals surface area contributed by atoms with Crippen LogP contribution in [0.4, 0.5) is 4.39 Å².